The van der Waals surface area contributed by atoms with Gasteiger partial charge >= 0.3 is 12.1 Å². The minimum atomic E-state index is -1.14. The topological polar surface area (TPSA) is 87.1 Å². The average Bonchev–Trinajstić information content (AvgIpc) is 2.35. The average molecular weight is 259 g/mol. The summed E-state index contributed by atoms with van der Waals surface area (Å²) in [6, 6.07) is -1.08. The number of likely N-dealkylation sites (tertiary alicyclic amines) is 1. The number of aliphatic hydroxyl groups is 1. The molecule has 0 unspecified atom stereocenters. The minimum Gasteiger partial charge on any atom is -0.480 e. The van der Waals surface area contributed by atoms with E-state index in [2.05, 4.69) is 0 Å². The first-order valence-electron chi connectivity index (χ1n) is 5.87. The number of carboxylic acid groups (broad SMARTS) is 1. The van der Waals surface area contributed by atoms with Gasteiger partial charge in [0.25, 0.3) is 0 Å². The highest BCUT2D eigenvalue weighted by atomic mass is 16.6. The van der Waals surface area contributed by atoms with Crippen LogP contribution in [-0.4, -0.2) is 51.5 Å². The van der Waals surface area contributed by atoms with E-state index in [1.807, 2.05) is 0 Å². The first-order chi connectivity index (χ1) is 7.97. The number of β-amino-alcohol motifs (C(OH)–C–C–N with tert-alkyl or cyclic N) is 1. The number of nitrogens with zero attached hydrogens (tertiary/aromatic N) is 1. The van der Waals surface area contributed by atoms with E-state index in [1.165, 1.54) is 0 Å². The molecule has 1 amide bonds. The van der Waals surface area contributed by atoms with Crippen molar-refractivity contribution < 1.29 is 24.5 Å². The van der Waals surface area contributed by atoms with Crippen molar-refractivity contribution in [2.45, 2.75) is 52.4 Å². The maximum absolute atomic E-state index is 11.9. The third kappa shape index (κ3) is 2.75. The molecule has 0 bridgehead atoms. The van der Waals surface area contributed by atoms with Crippen molar-refractivity contribution in [2.24, 2.45) is 5.41 Å². The van der Waals surface area contributed by atoms with Gasteiger partial charge in [-0.3, -0.25) is 4.90 Å². The second-order valence-corrected chi connectivity index (χ2v) is 6.21. The molecule has 0 aromatic heterocycles. The third-order valence-corrected chi connectivity index (χ3v) is 3.11. The monoisotopic (exact) mass is 259 g/mol. The van der Waals surface area contributed by atoms with Gasteiger partial charge in [-0.05, 0) is 20.8 Å². The maximum Gasteiger partial charge on any atom is 0.411 e. The van der Waals surface area contributed by atoms with Gasteiger partial charge in [-0.2, -0.15) is 0 Å². The van der Waals surface area contributed by atoms with Crippen LogP contribution in [0, 0.1) is 5.41 Å². The van der Waals surface area contributed by atoms with E-state index < -0.39 is 35.2 Å². The van der Waals surface area contributed by atoms with Crippen LogP contribution in [-0.2, 0) is 9.53 Å². The normalized spacial score (nSPS) is 27.1. The Morgan fingerprint density at radius 3 is 2.22 bits per heavy atom. The van der Waals surface area contributed by atoms with Gasteiger partial charge in [0.05, 0.1) is 12.6 Å². The maximum atomic E-state index is 11.9. The molecule has 2 N–H and O–H groups in total. The number of carbonyl (C=O) groups is 2. The van der Waals surface area contributed by atoms with Crippen LogP contribution in [0.1, 0.15) is 34.6 Å². The summed E-state index contributed by atoms with van der Waals surface area (Å²) in [5.41, 5.74) is -1.60. The fourth-order valence-electron chi connectivity index (χ4n) is 2.06. The first kappa shape index (κ1) is 14.8. The van der Waals surface area contributed by atoms with Crippen molar-refractivity contribution in [1.82, 2.24) is 4.90 Å². The molecule has 104 valence electrons. The molecule has 6 heteroatoms. The molecule has 2 atom stereocenters. The SMILES string of the molecule is CC(C)(C)OC(=O)N1C[C@H](O)C(C)(C)[C@@H]1C(=O)O. The third-order valence-electron chi connectivity index (χ3n) is 3.11. The molecule has 0 spiro atoms. The van der Waals surface area contributed by atoms with Gasteiger partial charge in [-0.1, -0.05) is 13.8 Å². The summed E-state index contributed by atoms with van der Waals surface area (Å²) >= 11 is 0. The van der Waals surface area contributed by atoms with Crippen molar-refractivity contribution in [3.63, 3.8) is 0 Å². The molecule has 1 saturated heterocycles. The highest BCUT2D eigenvalue weighted by Crippen LogP contribution is 2.37. The van der Waals surface area contributed by atoms with Gasteiger partial charge in [0.2, 0.25) is 0 Å². The zero-order chi connectivity index (χ0) is 14.3. The first-order valence-corrected chi connectivity index (χ1v) is 5.87. The highest BCUT2D eigenvalue weighted by molar-refractivity contribution is 5.82. The fourth-order valence-corrected chi connectivity index (χ4v) is 2.06. The van der Waals surface area contributed by atoms with Crippen molar-refractivity contribution in [3.8, 4) is 0 Å². The van der Waals surface area contributed by atoms with Gasteiger partial charge in [0.1, 0.15) is 11.6 Å². The van der Waals surface area contributed by atoms with E-state index in [1.54, 1.807) is 34.6 Å². The van der Waals surface area contributed by atoms with Gasteiger partial charge in [0.15, 0.2) is 0 Å². The van der Waals surface area contributed by atoms with E-state index in [0.717, 1.165) is 4.90 Å². The summed E-state index contributed by atoms with van der Waals surface area (Å²) in [7, 11) is 0. The number of rotatable bonds is 1. The standard InChI is InChI=1S/C12H21NO5/c1-11(2,3)18-10(17)13-6-7(14)12(4,5)8(13)9(15)16/h7-8,14H,6H2,1-5H3,(H,15,16)/t7-,8-/m0/s1. The number of carbonyl (C=O) groups excluding carboxylic acids is 1. The summed E-state index contributed by atoms with van der Waals surface area (Å²) in [6.45, 7) is 8.34. The van der Waals surface area contributed by atoms with Gasteiger partial charge in [-0.15, -0.1) is 0 Å². The van der Waals surface area contributed by atoms with E-state index >= 15 is 0 Å². The minimum absolute atomic E-state index is 0.0289. The Hall–Kier alpha value is -1.30. The highest BCUT2D eigenvalue weighted by Gasteiger charge is 2.54. The summed E-state index contributed by atoms with van der Waals surface area (Å²) in [6.07, 6.45) is -1.59. The van der Waals surface area contributed by atoms with E-state index in [-0.39, 0.29) is 6.54 Å². The second kappa shape index (κ2) is 4.42. The van der Waals surface area contributed by atoms with Crippen molar-refractivity contribution in [2.75, 3.05) is 6.54 Å². The molecule has 1 heterocycles. The molecule has 0 radical (unpaired) electrons. The van der Waals surface area contributed by atoms with Gasteiger partial charge < -0.3 is 14.9 Å². The molecule has 6 nitrogen and oxygen atoms in total. The summed E-state index contributed by atoms with van der Waals surface area (Å²) < 4.78 is 5.16. The van der Waals surface area contributed by atoms with Crippen LogP contribution in [0.25, 0.3) is 0 Å². The number of ether oxygens (including phenoxy) is 1. The van der Waals surface area contributed by atoms with Crippen LogP contribution >= 0.6 is 0 Å². The van der Waals surface area contributed by atoms with Crippen LogP contribution in [0.5, 0.6) is 0 Å². The lowest BCUT2D eigenvalue weighted by molar-refractivity contribution is -0.145. The smallest absolute Gasteiger partial charge is 0.411 e. The zero-order valence-electron chi connectivity index (χ0n) is 11.4. The van der Waals surface area contributed by atoms with Crippen LogP contribution < -0.4 is 0 Å². The van der Waals surface area contributed by atoms with Crippen molar-refractivity contribution >= 4 is 12.1 Å². The predicted molar refractivity (Wildman–Crippen MR) is 64.2 cm³/mol. The summed E-state index contributed by atoms with van der Waals surface area (Å²) in [4.78, 5) is 24.3. The quantitative estimate of drug-likeness (QED) is 0.735. The number of aliphatic hydroxyl groups excluding tert-OH is 1. The summed E-state index contributed by atoms with van der Waals surface area (Å²) in [5, 5.41) is 19.1. The molecule has 18 heavy (non-hydrogen) atoms. The van der Waals surface area contributed by atoms with Crippen molar-refractivity contribution in [1.29, 1.82) is 0 Å². The van der Waals surface area contributed by atoms with Crippen LogP contribution in [0.4, 0.5) is 4.79 Å². The van der Waals surface area contributed by atoms with Crippen LogP contribution in [0.2, 0.25) is 0 Å². The molecular formula is C12H21NO5. The van der Waals surface area contributed by atoms with Gasteiger partial charge in [-0.25, -0.2) is 9.59 Å². The second-order valence-electron chi connectivity index (χ2n) is 6.21. The summed E-state index contributed by atoms with van der Waals surface area (Å²) in [5.74, 6) is -1.14. The van der Waals surface area contributed by atoms with Crippen LogP contribution in [0.3, 0.4) is 0 Å². The lowest BCUT2D eigenvalue weighted by Gasteiger charge is -2.31. The van der Waals surface area contributed by atoms with E-state index in [9.17, 15) is 19.8 Å². The predicted octanol–water partition coefficient (Wildman–Crippen LogP) is 1.08. The van der Waals surface area contributed by atoms with Crippen molar-refractivity contribution in [3.05, 3.63) is 0 Å². The molecule has 1 fully saturated rings. The largest absolute Gasteiger partial charge is 0.480 e. The van der Waals surface area contributed by atoms with E-state index in [4.69, 9.17) is 4.74 Å². The Labute approximate surface area is 107 Å². The molecule has 0 aliphatic carbocycles. The number of hydrogen-bond donors (Lipinski definition) is 2. The number of amides is 1. The Balaban J connectivity index is 2.96. The molecule has 0 saturated carbocycles. The number of carboxylic acids is 1. The molecule has 0 aromatic carbocycles. The fraction of sp³-hybridized carbons (Fsp3) is 0.833. The molecule has 1 aliphatic rings. The molecular weight excluding hydrogens is 238 g/mol. The van der Waals surface area contributed by atoms with E-state index in [0.29, 0.717) is 0 Å². The molecule has 1 rings (SSSR count). The number of aliphatic carboxylic acids is 1. The molecule has 0 aromatic rings. The lowest BCUT2D eigenvalue weighted by atomic mass is 9.82. The molecule has 1 aliphatic heterocycles. The Morgan fingerprint density at radius 1 is 1.33 bits per heavy atom. The Morgan fingerprint density at radius 2 is 1.83 bits per heavy atom. The number of hydrogen-bond acceptors (Lipinski definition) is 4. The van der Waals surface area contributed by atoms with Crippen LogP contribution in [0.15, 0.2) is 0 Å². The zero-order valence-corrected chi connectivity index (χ0v) is 11.4. The Bertz CT molecular complexity index is 358. The Kier molecular flexibility index (Phi) is 3.63. The lowest BCUT2D eigenvalue weighted by Crippen LogP contribution is -2.48. The van der Waals surface area contributed by atoms with Gasteiger partial charge in [0, 0.05) is 5.41 Å².